The van der Waals surface area contributed by atoms with Crippen LogP contribution in [0.2, 0.25) is 0 Å². The summed E-state index contributed by atoms with van der Waals surface area (Å²) in [6.45, 7) is 1.28. The highest BCUT2D eigenvalue weighted by atomic mass is 16.6. The summed E-state index contributed by atoms with van der Waals surface area (Å²) >= 11 is 0. The molecular formula is C11H15N5O3. The van der Waals surface area contributed by atoms with E-state index in [4.69, 9.17) is 10.5 Å². The lowest BCUT2D eigenvalue weighted by atomic mass is 10.2. The first-order chi connectivity index (χ1) is 9.15. The van der Waals surface area contributed by atoms with E-state index >= 15 is 0 Å². The lowest BCUT2D eigenvalue weighted by molar-refractivity contribution is -0.385. The van der Waals surface area contributed by atoms with Crippen molar-refractivity contribution in [2.75, 3.05) is 18.5 Å². The molecule has 0 aliphatic carbocycles. The average molecular weight is 265 g/mol. The van der Waals surface area contributed by atoms with Crippen molar-refractivity contribution in [2.24, 2.45) is 10.7 Å². The van der Waals surface area contributed by atoms with Crippen LogP contribution < -0.4 is 11.1 Å². The number of nitrogens with one attached hydrogen (secondary N) is 1. The first-order valence-electron chi connectivity index (χ1n) is 5.94. The highest BCUT2D eigenvalue weighted by Gasteiger charge is 2.14. The molecule has 19 heavy (non-hydrogen) atoms. The zero-order valence-corrected chi connectivity index (χ0v) is 10.3. The number of anilines is 1. The summed E-state index contributed by atoms with van der Waals surface area (Å²) in [4.78, 5) is 18.0. The number of pyridine rings is 1. The van der Waals surface area contributed by atoms with Crippen molar-refractivity contribution in [1.82, 2.24) is 4.98 Å². The highest BCUT2D eigenvalue weighted by Crippen LogP contribution is 2.13. The third-order valence-electron chi connectivity index (χ3n) is 2.70. The molecule has 1 saturated heterocycles. The third kappa shape index (κ3) is 3.88. The van der Waals surface area contributed by atoms with E-state index in [1.807, 2.05) is 0 Å². The van der Waals surface area contributed by atoms with E-state index in [0.29, 0.717) is 12.4 Å². The number of nitrogens with two attached hydrogens (primary N) is 1. The highest BCUT2D eigenvalue weighted by molar-refractivity contribution is 5.91. The molecule has 0 saturated carbocycles. The first-order valence-corrected chi connectivity index (χ1v) is 5.94. The van der Waals surface area contributed by atoms with Crippen LogP contribution in [0.4, 0.5) is 11.5 Å². The number of nitrogens with zero attached hydrogens (tertiary/aromatic N) is 3. The summed E-state index contributed by atoms with van der Waals surface area (Å²) in [7, 11) is 0. The maximum atomic E-state index is 10.5. The minimum Gasteiger partial charge on any atom is -0.376 e. The zero-order chi connectivity index (χ0) is 13.7. The second-order valence-electron chi connectivity index (χ2n) is 4.14. The number of nitro groups is 1. The van der Waals surface area contributed by atoms with E-state index in [1.165, 1.54) is 12.1 Å². The van der Waals surface area contributed by atoms with E-state index in [0.717, 1.165) is 25.6 Å². The molecule has 1 fully saturated rings. The summed E-state index contributed by atoms with van der Waals surface area (Å²) in [6.07, 6.45) is 3.34. The van der Waals surface area contributed by atoms with E-state index in [9.17, 15) is 10.1 Å². The van der Waals surface area contributed by atoms with Crippen molar-refractivity contribution in [3.05, 3.63) is 28.4 Å². The molecule has 2 rings (SSSR count). The molecule has 0 bridgehead atoms. The Morgan fingerprint density at radius 2 is 2.53 bits per heavy atom. The molecule has 2 heterocycles. The number of guanidine groups is 1. The summed E-state index contributed by atoms with van der Waals surface area (Å²) in [5.41, 5.74) is 5.62. The van der Waals surface area contributed by atoms with Crippen molar-refractivity contribution in [1.29, 1.82) is 0 Å². The van der Waals surface area contributed by atoms with Gasteiger partial charge < -0.3 is 15.8 Å². The topological polar surface area (TPSA) is 116 Å². The smallest absolute Gasteiger partial charge is 0.287 e. The number of hydrogen-bond acceptors (Lipinski definition) is 5. The molecule has 0 amide bonds. The molecule has 0 spiro atoms. The van der Waals surface area contributed by atoms with Gasteiger partial charge in [0.2, 0.25) is 0 Å². The Hall–Kier alpha value is -2.22. The lowest BCUT2D eigenvalue weighted by Crippen LogP contribution is -2.25. The Morgan fingerprint density at radius 3 is 3.11 bits per heavy atom. The second kappa shape index (κ2) is 6.10. The van der Waals surface area contributed by atoms with Crippen LogP contribution in [-0.4, -0.2) is 35.1 Å². The number of aliphatic imine (C=N–C) groups is 1. The minimum atomic E-state index is -0.508. The van der Waals surface area contributed by atoms with Gasteiger partial charge in [-0.2, -0.15) is 0 Å². The maximum absolute atomic E-state index is 10.5. The number of ether oxygens (including phenoxy) is 1. The average Bonchev–Trinajstić information content (AvgIpc) is 2.90. The van der Waals surface area contributed by atoms with Crippen LogP contribution in [0.15, 0.2) is 23.3 Å². The van der Waals surface area contributed by atoms with Gasteiger partial charge in [0.05, 0.1) is 17.6 Å². The summed E-state index contributed by atoms with van der Waals surface area (Å²) in [5, 5.41) is 13.2. The van der Waals surface area contributed by atoms with E-state index < -0.39 is 4.92 Å². The van der Waals surface area contributed by atoms with Crippen LogP contribution in [-0.2, 0) is 4.74 Å². The van der Waals surface area contributed by atoms with Crippen LogP contribution in [0.3, 0.4) is 0 Å². The zero-order valence-electron chi connectivity index (χ0n) is 10.3. The fourth-order valence-electron chi connectivity index (χ4n) is 1.73. The van der Waals surface area contributed by atoms with E-state index in [2.05, 4.69) is 15.3 Å². The van der Waals surface area contributed by atoms with Gasteiger partial charge in [0.25, 0.3) is 5.69 Å². The largest absolute Gasteiger partial charge is 0.376 e. The van der Waals surface area contributed by atoms with Crippen LogP contribution in [0.25, 0.3) is 0 Å². The predicted octanol–water partition coefficient (Wildman–Crippen LogP) is 0.895. The standard InChI is InChI=1S/C11H15N5O3/c12-11(14-7-9-2-1-5-19-9)15-10-4-3-8(6-13-10)16(17)18/h3-4,6,9H,1-2,5,7H2,(H3,12,13,14,15)/t9-/m1/s1. The maximum Gasteiger partial charge on any atom is 0.287 e. The fourth-order valence-corrected chi connectivity index (χ4v) is 1.73. The van der Waals surface area contributed by atoms with Crippen LogP contribution >= 0.6 is 0 Å². The van der Waals surface area contributed by atoms with Crippen molar-refractivity contribution in [3.63, 3.8) is 0 Å². The van der Waals surface area contributed by atoms with Crippen LogP contribution in [0.1, 0.15) is 12.8 Å². The number of aromatic nitrogens is 1. The molecule has 8 heteroatoms. The van der Waals surface area contributed by atoms with Gasteiger partial charge in [-0.05, 0) is 18.9 Å². The molecule has 0 aromatic carbocycles. The van der Waals surface area contributed by atoms with Crippen molar-refractivity contribution >= 4 is 17.5 Å². The molecule has 3 N–H and O–H groups in total. The van der Waals surface area contributed by atoms with Gasteiger partial charge in [-0.15, -0.1) is 0 Å². The van der Waals surface area contributed by atoms with Gasteiger partial charge in [0, 0.05) is 12.7 Å². The van der Waals surface area contributed by atoms with E-state index in [1.54, 1.807) is 0 Å². The van der Waals surface area contributed by atoms with Crippen LogP contribution in [0, 0.1) is 10.1 Å². The van der Waals surface area contributed by atoms with Gasteiger partial charge in [-0.1, -0.05) is 0 Å². The molecule has 1 atom stereocenters. The molecule has 0 radical (unpaired) electrons. The van der Waals surface area contributed by atoms with Gasteiger partial charge in [-0.3, -0.25) is 15.1 Å². The summed E-state index contributed by atoms with van der Waals surface area (Å²) < 4.78 is 5.41. The van der Waals surface area contributed by atoms with Gasteiger partial charge in [0.15, 0.2) is 5.96 Å². The quantitative estimate of drug-likeness (QED) is 0.361. The molecule has 1 aliphatic heterocycles. The minimum absolute atomic E-state index is 0.0691. The lowest BCUT2D eigenvalue weighted by Gasteiger charge is -2.07. The second-order valence-corrected chi connectivity index (χ2v) is 4.14. The van der Waals surface area contributed by atoms with Gasteiger partial charge >= 0.3 is 0 Å². The van der Waals surface area contributed by atoms with Crippen molar-refractivity contribution < 1.29 is 9.66 Å². The molecule has 1 aliphatic rings. The molecule has 8 nitrogen and oxygen atoms in total. The summed E-state index contributed by atoms with van der Waals surface area (Å²) in [5.74, 6) is 0.635. The SMILES string of the molecule is NC(=NC[C@H]1CCCO1)Nc1ccc([N+](=O)[O-])cn1. The Balaban J connectivity index is 1.88. The molecule has 1 aromatic rings. The van der Waals surface area contributed by atoms with Crippen molar-refractivity contribution in [2.45, 2.75) is 18.9 Å². The molecule has 102 valence electrons. The Morgan fingerprint density at radius 1 is 1.68 bits per heavy atom. The van der Waals surface area contributed by atoms with Gasteiger partial charge in [0.1, 0.15) is 12.0 Å². The van der Waals surface area contributed by atoms with Crippen LogP contribution in [0.5, 0.6) is 0 Å². The molecular weight excluding hydrogens is 250 g/mol. The predicted molar refractivity (Wildman–Crippen MR) is 70.0 cm³/mol. The Bertz CT molecular complexity index is 468. The Kier molecular flexibility index (Phi) is 4.24. The summed E-state index contributed by atoms with van der Waals surface area (Å²) in [6, 6.07) is 2.83. The molecule has 1 aromatic heterocycles. The normalized spacial score (nSPS) is 19.4. The Labute approximate surface area is 109 Å². The monoisotopic (exact) mass is 265 g/mol. The first kappa shape index (κ1) is 13.2. The fraction of sp³-hybridized carbons (Fsp3) is 0.455. The number of hydrogen-bond donors (Lipinski definition) is 2. The van der Waals surface area contributed by atoms with Gasteiger partial charge in [-0.25, -0.2) is 4.98 Å². The van der Waals surface area contributed by atoms with Crippen molar-refractivity contribution in [3.8, 4) is 0 Å². The molecule has 0 unspecified atom stereocenters. The van der Waals surface area contributed by atoms with E-state index in [-0.39, 0.29) is 17.8 Å². The third-order valence-corrected chi connectivity index (χ3v) is 2.70. The number of rotatable bonds is 4.